The number of phenolic OH excluding ortho intramolecular Hbond substituents is 1. The molecule has 1 saturated carbocycles. The summed E-state index contributed by atoms with van der Waals surface area (Å²) in [5.74, 6) is 1.04. The highest BCUT2D eigenvalue weighted by Gasteiger charge is 2.32. The number of hydrogen-bond acceptors (Lipinski definition) is 3. The fraction of sp³-hybridized carbons (Fsp3) is 0.625. The summed E-state index contributed by atoms with van der Waals surface area (Å²) in [5, 5.41) is 13.4. The molecule has 1 atom stereocenters. The molecule has 2 fully saturated rings. The van der Waals surface area contributed by atoms with Crippen molar-refractivity contribution in [2.45, 2.75) is 31.7 Å². The molecule has 0 amide bonds. The van der Waals surface area contributed by atoms with Gasteiger partial charge in [0.05, 0.1) is 8.95 Å². The van der Waals surface area contributed by atoms with Crippen molar-refractivity contribution in [3.63, 3.8) is 0 Å². The van der Waals surface area contributed by atoms with Crippen molar-refractivity contribution >= 4 is 56.7 Å². The molecule has 1 saturated heterocycles. The summed E-state index contributed by atoms with van der Waals surface area (Å²) >= 11 is 6.97. The number of aromatic hydroxyl groups is 1. The van der Waals surface area contributed by atoms with Crippen LogP contribution in [0.1, 0.15) is 37.3 Å². The van der Waals surface area contributed by atoms with Crippen molar-refractivity contribution in [2.75, 3.05) is 26.2 Å². The summed E-state index contributed by atoms with van der Waals surface area (Å²) in [5.41, 5.74) is 1.32. The lowest BCUT2D eigenvalue weighted by molar-refractivity contribution is 0.125. The van der Waals surface area contributed by atoms with E-state index in [1.807, 2.05) is 0 Å². The minimum atomic E-state index is 0. The molecule has 0 unspecified atom stereocenters. The van der Waals surface area contributed by atoms with Crippen molar-refractivity contribution in [3.8, 4) is 5.75 Å². The third-order valence-electron chi connectivity index (χ3n) is 4.77. The second-order valence-electron chi connectivity index (χ2n) is 6.11. The molecule has 1 aromatic carbocycles. The second-order valence-corrected chi connectivity index (χ2v) is 7.82. The summed E-state index contributed by atoms with van der Waals surface area (Å²) < 4.78 is 1.56. The molecule has 132 valence electrons. The van der Waals surface area contributed by atoms with Crippen LogP contribution in [0.25, 0.3) is 0 Å². The van der Waals surface area contributed by atoms with Gasteiger partial charge in [-0.25, -0.2) is 0 Å². The zero-order chi connectivity index (χ0) is 14.8. The number of rotatable bonds is 3. The Morgan fingerprint density at radius 1 is 1.04 bits per heavy atom. The Balaban J connectivity index is 0.00000132. The van der Waals surface area contributed by atoms with Gasteiger partial charge in [-0.2, -0.15) is 0 Å². The van der Waals surface area contributed by atoms with E-state index in [1.54, 1.807) is 0 Å². The summed E-state index contributed by atoms with van der Waals surface area (Å²) in [7, 11) is 0. The summed E-state index contributed by atoms with van der Waals surface area (Å²) in [6, 6.07) is 4.68. The van der Waals surface area contributed by atoms with Gasteiger partial charge >= 0.3 is 0 Å². The minimum absolute atomic E-state index is 0. The molecule has 0 bridgehead atoms. The van der Waals surface area contributed by atoms with Crippen LogP contribution in [-0.2, 0) is 0 Å². The highest BCUT2D eigenvalue weighted by atomic mass is 79.9. The maximum Gasteiger partial charge on any atom is 0.143 e. The largest absolute Gasteiger partial charge is 0.506 e. The molecule has 1 aliphatic carbocycles. The second kappa shape index (κ2) is 9.83. The predicted molar refractivity (Wildman–Crippen MR) is 107 cm³/mol. The van der Waals surface area contributed by atoms with Gasteiger partial charge in [0.15, 0.2) is 0 Å². The van der Waals surface area contributed by atoms with Gasteiger partial charge in [-0.1, -0.05) is 12.8 Å². The number of nitrogens with zero attached hydrogens (tertiary/aromatic N) is 1. The van der Waals surface area contributed by atoms with Crippen molar-refractivity contribution < 1.29 is 5.11 Å². The first-order chi connectivity index (χ1) is 10.2. The molecule has 2 aliphatic rings. The lowest BCUT2D eigenvalue weighted by atomic mass is 9.89. The number of phenols is 1. The van der Waals surface area contributed by atoms with Crippen molar-refractivity contribution in [1.29, 1.82) is 0 Å². The summed E-state index contributed by atoms with van der Waals surface area (Å²) in [6.07, 6.45) is 5.36. The quantitative estimate of drug-likeness (QED) is 0.632. The minimum Gasteiger partial charge on any atom is -0.506 e. The first kappa shape index (κ1) is 21.5. The maximum atomic E-state index is 9.97. The van der Waals surface area contributed by atoms with Crippen LogP contribution in [-0.4, -0.2) is 36.2 Å². The molecule has 1 aromatic rings. The maximum absolute atomic E-state index is 9.97. The summed E-state index contributed by atoms with van der Waals surface area (Å²) in [6.45, 7) is 4.36. The Hall–Kier alpha value is 0.480. The Kier molecular flexibility index (Phi) is 9.20. The Morgan fingerprint density at radius 2 is 1.57 bits per heavy atom. The molecule has 0 radical (unpaired) electrons. The van der Waals surface area contributed by atoms with Crippen molar-refractivity contribution in [3.05, 3.63) is 26.6 Å². The standard InChI is InChI=1S/C16H22Br2N2O.2ClH/c17-13-9-12(10-14(18)16(13)21)15(11-3-1-2-4-11)20-7-5-19-6-8-20;;/h9-11,15,19,21H,1-8H2;2*1H/t15-;;/m0../s1. The Morgan fingerprint density at radius 3 is 2.09 bits per heavy atom. The van der Waals surface area contributed by atoms with Crippen LogP contribution in [0.2, 0.25) is 0 Å². The van der Waals surface area contributed by atoms with Gasteiger partial charge in [0, 0.05) is 32.2 Å². The van der Waals surface area contributed by atoms with Crippen molar-refractivity contribution in [2.24, 2.45) is 5.92 Å². The van der Waals surface area contributed by atoms with Gasteiger partial charge in [-0.15, -0.1) is 24.8 Å². The van der Waals surface area contributed by atoms with E-state index in [0.29, 0.717) is 11.8 Å². The van der Waals surface area contributed by atoms with Crippen molar-refractivity contribution in [1.82, 2.24) is 10.2 Å². The zero-order valence-corrected chi connectivity index (χ0v) is 17.7. The van der Waals surface area contributed by atoms with Crippen LogP contribution in [0.5, 0.6) is 5.75 Å². The summed E-state index contributed by atoms with van der Waals surface area (Å²) in [4.78, 5) is 2.62. The van der Waals surface area contributed by atoms with Crippen LogP contribution >= 0.6 is 56.7 Å². The van der Waals surface area contributed by atoms with E-state index in [9.17, 15) is 5.11 Å². The molecule has 23 heavy (non-hydrogen) atoms. The van der Waals surface area contributed by atoms with E-state index in [4.69, 9.17) is 0 Å². The number of piperazine rings is 1. The average Bonchev–Trinajstić information content (AvgIpc) is 3.00. The van der Waals surface area contributed by atoms with E-state index in [-0.39, 0.29) is 24.8 Å². The molecule has 0 aromatic heterocycles. The lowest BCUT2D eigenvalue weighted by Gasteiger charge is -2.39. The highest BCUT2D eigenvalue weighted by molar-refractivity contribution is 9.11. The van der Waals surface area contributed by atoms with Crippen LogP contribution in [0.15, 0.2) is 21.1 Å². The van der Waals surface area contributed by atoms with E-state index in [0.717, 1.165) is 41.0 Å². The fourth-order valence-electron chi connectivity index (χ4n) is 3.77. The van der Waals surface area contributed by atoms with Crippen LogP contribution in [0.3, 0.4) is 0 Å². The molecule has 7 heteroatoms. The number of halogens is 4. The first-order valence-electron chi connectivity index (χ1n) is 7.79. The Bertz CT molecular complexity index is 484. The van der Waals surface area contributed by atoms with Gasteiger partial charge in [-0.3, -0.25) is 4.90 Å². The SMILES string of the molecule is Cl.Cl.Oc1c(Br)cc([C@H](C2CCCC2)N2CCNCC2)cc1Br. The third-order valence-corrected chi connectivity index (χ3v) is 5.98. The van der Waals surface area contributed by atoms with Crippen LogP contribution < -0.4 is 5.32 Å². The number of nitrogens with one attached hydrogen (secondary N) is 1. The monoisotopic (exact) mass is 488 g/mol. The lowest BCUT2D eigenvalue weighted by Crippen LogP contribution is -2.46. The molecule has 3 nitrogen and oxygen atoms in total. The van der Waals surface area contributed by atoms with Gasteiger partial charge in [0.1, 0.15) is 5.75 Å². The first-order valence-corrected chi connectivity index (χ1v) is 9.38. The molecule has 1 heterocycles. The number of benzene rings is 1. The van der Waals surface area contributed by atoms with Gasteiger partial charge in [0.2, 0.25) is 0 Å². The topological polar surface area (TPSA) is 35.5 Å². The highest BCUT2D eigenvalue weighted by Crippen LogP contribution is 2.43. The van der Waals surface area contributed by atoms with Gasteiger partial charge < -0.3 is 10.4 Å². The molecule has 2 N–H and O–H groups in total. The van der Waals surface area contributed by atoms with E-state index in [1.165, 1.54) is 31.2 Å². The van der Waals surface area contributed by atoms with Crippen LogP contribution in [0, 0.1) is 5.92 Å². The van der Waals surface area contributed by atoms with Gasteiger partial charge in [0.25, 0.3) is 0 Å². The van der Waals surface area contributed by atoms with E-state index in [2.05, 4.69) is 54.2 Å². The average molecular weight is 491 g/mol. The third kappa shape index (κ3) is 4.99. The normalized spacial score (nSPS) is 20.6. The van der Waals surface area contributed by atoms with Gasteiger partial charge in [-0.05, 0) is 68.3 Å². The fourth-order valence-corrected chi connectivity index (χ4v) is 4.99. The zero-order valence-electron chi connectivity index (χ0n) is 12.9. The molecular formula is C16H24Br2Cl2N2O. The Labute approximate surface area is 167 Å². The van der Waals surface area contributed by atoms with E-state index >= 15 is 0 Å². The molecular weight excluding hydrogens is 467 g/mol. The number of hydrogen-bond donors (Lipinski definition) is 2. The molecule has 1 aliphatic heterocycles. The van der Waals surface area contributed by atoms with Crippen LogP contribution in [0.4, 0.5) is 0 Å². The predicted octanol–water partition coefficient (Wildman–Crippen LogP) is 4.90. The smallest absolute Gasteiger partial charge is 0.143 e. The van der Waals surface area contributed by atoms with E-state index < -0.39 is 0 Å². The molecule has 0 spiro atoms. The molecule has 3 rings (SSSR count).